The van der Waals surface area contributed by atoms with Gasteiger partial charge in [0.1, 0.15) is 11.8 Å². The molecule has 3 heterocycles. The first-order chi connectivity index (χ1) is 9.92. The van der Waals surface area contributed by atoms with E-state index in [1.54, 1.807) is 34.9 Å². The van der Waals surface area contributed by atoms with E-state index in [1.165, 1.54) is 0 Å². The smallest absolute Gasteiger partial charge is 0.246 e. The number of nitrogens with zero attached hydrogens (tertiary/aromatic N) is 2. The highest BCUT2D eigenvalue weighted by molar-refractivity contribution is 8.01. The van der Waals surface area contributed by atoms with Gasteiger partial charge in [-0.25, -0.2) is 0 Å². The lowest BCUT2D eigenvalue weighted by molar-refractivity contribution is -0.143. The molecule has 2 aliphatic heterocycles. The van der Waals surface area contributed by atoms with Gasteiger partial charge in [-0.3, -0.25) is 9.59 Å². The first-order valence-electron chi connectivity index (χ1n) is 7.16. The van der Waals surface area contributed by atoms with E-state index in [9.17, 15) is 9.59 Å². The second-order valence-corrected chi connectivity index (χ2v) is 7.46. The predicted octanol–water partition coefficient (Wildman–Crippen LogP) is 2.00. The van der Waals surface area contributed by atoms with Gasteiger partial charge in [-0.15, -0.1) is 11.8 Å². The van der Waals surface area contributed by atoms with Gasteiger partial charge in [-0.1, -0.05) is 0 Å². The average Bonchev–Trinajstić information content (AvgIpc) is 3.07. The molecule has 3 rings (SSSR count). The normalized spacial score (nSPS) is 28.0. The summed E-state index contributed by atoms with van der Waals surface area (Å²) in [7, 11) is 1.79. The molecule has 2 saturated heterocycles. The highest BCUT2D eigenvalue weighted by Gasteiger charge is 2.53. The van der Waals surface area contributed by atoms with Crippen molar-refractivity contribution in [3.63, 3.8) is 0 Å². The molecule has 114 valence electrons. The Labute approximate surface area is 128 Å². The summed E-state index contributed by atoms with van der Waals surface area (Å²) in [5.41, 5.74) is 1.01. The van der Waals surface area contributed by atoms with Crippen LogP contribution in [0.5, 0.6) is 0 Å². The standard InChI is InChI=1S/C15H20N2O3S/c1-10-11(5-7-20-10)8-16(3)14(19)12-9-21-15(2)6-4-13(18)17(12)15/h5,7,12H,4,6,8-9H2,1-3H3/t12-,15+/m1/s1. The lowest BCUT2D eigenvalue weighted by Gasteiger charge is -2.31. The van der Waals surface area contributed by atoms with E-state index in [0.717, 1.165) is 17.7 Å². The van der Waals surface area contributed by atoms with Crippen molar-refractivity contribution >= 4 is 23.6 Å². The van der Waals surface area contributed by atoms with Gasteiger partial charge < -0.3 is 14.2 Å². The van der Waals surface area contributed by atoms with E-state index in [2.05, 4.69) is 6.92 Å². The van der Waals surface area contributed by atoms with Gasteiger partial charge in [0, 0.05) is 31.3 Å². The van der Waals surface area contributed by atoms with Gasteiger partial charge in [0.15, 0.2) is 0 Å². The lowest BCUT2D eigenvalue weighted by Crippen LogP contribution is -2.50. The van der Waals surface area contributed by atoms with Crippen molar-refractivity contribution in [2.75, 3.05) is 12.8 Å². The average molecular weight is 308 g/mol. The number of hydrogen-bond donors (Lipinski definition) is 0. The van der Waals surface area contributed by atoms with Gasteiger partial charge in [0.25, 0.3) is 0 Å². The number of likely N-dealkylation sites (N-methyl/N-ethyl adjacent to an activating group) is 1. The summed E-state index contributed by atoms with van der Waals surface area (Å²) in [6, 6.07) is 1.56. The molecule has 0 spiro atoms. The highest BCUT2D eigenvalue weighted by atomic mass is 32.2. The summed E-state index contributed by atoms with van der Waals surface area (Å²) >= 11 is 1.72. The molecule has 0 bridgehead atoms. The Bertz CT molecular complexity index is 585. The molecule has 0 saturated carbocycles. The molecular weight excluding hydrogens is 288 g/mol. The number of amides is 2. The van der Waals surface area contributed by atoms with Crippen LogP contribution in [0.25, 0.3) is 0 Å². The maximum absolute atomic E-state index is 12.7. The molecule has 1 aromatic heterocycles. The molecule has 0 aromatic carbocycles. The van der Waals surface area contributed by atoms with Crippen LogP contribution in [0, 0.1) is 6.92 Å². The van der Waals surface area contributed by atoms with E-state index in [1.807, 2.05) is 13.0 Å². The zero-order valence-corrected chi connectivity index (χ0v) is 13.4. The number of aryl methyl sites for hydroxylation is 1. The van der Waals surface area contributed by atoms with E-state index >= 15 is 0 Å². The fraction of sp³-hybridized carbons (Fsp3) is 0.600. The third kappa shape index (κ3) is 2.35. The van der Waals surface area contributed by atoms with Crippen LogP contribution < -0.4 is 0 Å². The minimum absolute atomic E-state index is 0.0158. The molecule has 5 nitrogen and oxygen atoms in total. The number of carbonyl (C=O) groups is 2. The highest BCUT2D eigenvalue weighted by Crippen LogP contribution is 2.47. The van der Waals surface area contributed by atoms with Crippen molar-refractivity contribution in [1.29, 1.82) is 0 Å². The molecule has 0 N–H and O–H groups in total. The first-order valence-corrected chi connectivity index (χ1v) is 8.15. The van der Waals surface area contributed by atoms with E-state index < -0.39 is 0 Å². The molecule has 0 radical (unpaired) electrons. The Morgan fingerprint density at radius 1 is 1.62 bits per heavy atom. The molecular formula is C15H20N2O3S. The number of furan rings is 1. The fourth-order valence-electron chi connectivity index (χ4n) is 3.17. The molecule has 2 amide bonds. The quantitative estimate of drug-likeness (QED) is 0.857. The number of rotatable bonds is 3. The van der Waals surface area contributed by atoms with Crippen LogP contribution in [0.1, 0.15) is 31.1 Å². The Kier molecular flexibility index (Phi) is 3.51. The molecule has 2 atom stereocenters. The maximum Gasteiger partial charge on any atom is 0.246 e. The Morgan fingerprint density at radius 3 is 3.05 bits per heavy atom. The molecule has 1 aromatic rings. The molecule has 0 aliphatic carbocycles. The number of hydrogen-bond acceptors (Lipinski definition) is 4. The second kappa shape index (κ2) is 5.09. The van der Waals surface area contributed by atoms with Crippen molar-refractivity contribution in [1.82, 2.24) is 9.80 Å². The van der Waals surface area contributed by atoms with Crippen LogP contribution in [0.15, 0.2) is 16.7 Å². The maximum atomic E-state index is 12.7. The van der Waals surface area contributed by atoms with Crippen LogP contribution in [-0.2, 0) is 16.1 Å². The summed E-state index contributed by atoms with van der Waals surface area (Å²) in [4.78, 5) is 28.1. The van der Waals surface area contributed by atoms with Gasteiger partial charge in [0.2, 0.25) is 11.8 Å². The third-order valence-corrected chi connectivity index (χ3v) is 5.99. The van der Waals surface area contributed by atoms with Crippen molar-refractivity contribution in [3.05, 3.63) is 23.7 Å². The van der Waals surface area contributed by atoms with Crippen LogP contribution in [0.4, 0.5) is 0 Å². The van der Waals surface area contributed by atoms with E-state index in [4.69, 9.17) is 4.42 Å². The minimum atomic E-state index is -0.327. The zero-order chi connectivity index (χ0) is 15.2. The van der Waals surface area contributed by atoms with Gasteiger partial charge in [0.05, 0.1) is 11.1 Å². The van der Waals surface area contributed by atoms with Crippen LogP contribution >= 0.6 is 11.8 Å². The fourth-order valence-corrected chi connectivity index (χ4v) is 4.59. The summed E-state index contributed by atoms with van der Waals surface area (Å²) in [5, 5.41) is 0. The number of carbonyl (C=O) groups excluding carboxylic acids is 2. The first kappa shape index (κ1) is 14.5. The zero-order valence-electron chi connectivity index (χ0n) is 12.6. The van der Waals surface area contributed by atoms with Crippen molar-refractivity contribution in [2.24, 2.45) is 0 Å². The van der Waals surface area contributed by atoms with Crippen molar-refractivity contribution in [3.8, 4) is 0 Å². The summed E-state index contributed by atoms with van der Waals surface area (Å²) in [6.45, 7) is 4.47. The van der Waals surface area contributed by atoms with Gasteiger partial charge in [-0.05, 0) is 26.3 Å². The third-order valence-electron chi connectivity index (χ3n) is 4.48. The minimum Gasteiger partial charge on any atom is -0.469 e. The summed E-state index contributed by atoms with van der Waals surface area (Å²) in [6.07, 6.45) is 3.03. The van der Waals surface area contributed by atoms with Crippen LogP contribution in [0.2, 0.25) is 0 Å². The van der Waals surface area contributed by atoms with Crippen LogP contribution in [-0.4, -0.2) is 45.3 Å². The second-order valence-electron chi connectivity index (χ2n) is 5.96. The number of fused-ring (bicyclic) bond motifs is 1. The molecule has 6 heteroatoms. The molecule has 2 fully saturated rings. The Morgan fingerprint density at radius 2 is 2.38 bits per heavy atom. The summed E-state index contributed by atoms with van der Waals surface area (Å²) in [5.74, 6) is 1.64. The van der Waals surface area contributed by atoms with E-state index in [0.29, 0.717) is 18.7 Å². The largest absolute Gasteiger partial charge is 0.469 e. The topological polar surface area (TPSA) is 53.8 Å². The van der Waals surface area contributed by atoms with Crippen LogP contribution in [0.3, 0.4) is 0 Å². The Hall–Kier alpha value is -1.43. The SMILES string of the molecule is Cc1occc1CN(C)C(=O)[C@H]1CS[C@@]2(C)CCC(=O)N12. The van der Waals surface area contributed by atoms with Crippen molar-refractivity contribution < 1.29 is 14.0 Å². The molecule has 2 aliphatic rings. The monoisotopic (exact) mass is 308 g/mol. The van der Waals surface area contributed by atoms with Gasteiger partial charge >= 0.3 is 0 Å². The van der Waals surface area contributed by atoms with E-state index in [-0.39, 0.29) is 22.7 Å². The molecule has 0 unspecified atom stereocenters. The lowest BCUT2D eigenvalue weighted by atomic mass is 10.2. The number of thioether (sulfide) groups is 1. The summed E-state index contributed by atoms with van der Waals surface area (Å²) < 4.78 is 5.27. The molecule has 21 heavy (non-hydrogen) atoms. The predicted molar refractivity (Wildman–Crippen MR) is 80.7 cm³/mol. The Balaban J connectivity index is 1.73. The van der Waals surface area contributed by atoms with Gasteiger partial charge in [-0.2, -0.15) is 0 Å². The van der Waals surface area contributed by atoms with Crippen molar-refractivity contribution in [2.45, 2.75) is 44.1 Å².